The molecule has 0 aromatic rings. The molecule has 0 bridgehead atoms. The Kier molecular flexibility index (Phi) is 6.90. The Morgan fingerprint density at radius 2 is 2.00 bits per heavy atom. The van der Waals surface area contributed by atoms with Crippen molar-refractivity contribution in [1.82, 2.24) is 9.80 Å². The van der Waals surface area contributed by atoms with E-state index in [0.29, 0.717) is 18.4 Å². The molecule has 0 saturated carbocycles. The van der Waals surface area contributed by atoms with Crippen LogP contribution >= 0.6 is 0 Å². The third kappa shape index (κ3) is 4.82. The van der Waals surface area contributed by atoms with Crippen molar-refractivity contribution in [3.8, 4) is 0 Å². The zero-order chi connectivity index (χ0) is 15.9. The van der Waals surface area contributed by atoms with Crippen LogP contribution < -0.4 is 0 Å². The van der Waals surface area contributed by atoms with E-state index < -0.39 is 0 Å². The van der Waals surface area contributed by atoms with Crippen LogP contribution in [0.2, 0.25) is 0 Å². The van der Waals surface area contributed by atoms with Crippen molar-refractivity contribution >= 4 is 5.97 Å². The van der Waals surface area contributed by atoms with E-state index >= 15 is 0 Å². The maximum Gasteiger partial charge on any atom is 0.305 e. The maximum atomic E-state index is 11.5. The van der Waals surface area contributed by atoms with Crippen LogP contribution in [0.1, 0.15) is 46.0 Å². The minimum absolute atomic E-state index is 0.0677. The van der Waals surface area contributed by atoms with Crippen LogP contribution in [0.5, 0.6) is 0 Å². The molecule has 126 valence electrons. The summed E-state index contributed by atoms with van der Waals surface area (Å²) in [4.78, 5) is 16.8. The van der Waals surface area contributed by atoms with E-state index in [1.54, 1.807) is 0 Å². The van der Waals surface area contributed by atoms with Crippen LogP contribution in [-0.4, -0.2) is 61.6 Å². The second kappa shape index (κ2) is 8.68. The van der Waals surface area contributed by atoms with Crippen molar-refractivity contribution < 1.29 is 9.53 Å². The van der Waals surface area contributed by atoms with Gasteiger partial charge < -0.3 is 9.64 Å². The van der Waals surface area contributed by atoms with Gasteiger partial charge >= 0.3 is 5.97 Å². The Balaban J connectivity index is 1.95. The molecule has 0 spiro atoms. The summed E-state index contributed by atoms with van der Waals surface area (Å²) in [6.45, 7) is 10.2. The first-order valence-corrected chi connectivity index (χ1v) is 8.79. The summed E-state index contributed by atoms with van der Waals surface area (Å²) in [5, 5.41) is 0. The van der Waals surface area contributed by atoms with Crippen molar-refractivity contribution in [3.05, 3.63) is 11.6 Å². The predicted octanol–water partition coefficient (Wildman–Crippen LogP) is 2.69. The summed E-state index contributed by atoms with van der Waals surface area (Å²) < 4.78 is 4.84. The Labute approximate surface area is 135 Å². The molecule has 0 N–H and O–H groups in total. The molecule has 2 fully saturated rings. The SMILES string of the molecule is C/C=C(\C)CN1CC[C@@H](N2CCCC2)[C@@H](CCC(=O)OC)C1. The van der Waals surface area contributed by atoms with Gasteiger partial charge in [0.2, 0.25) is 0 Å². The van der Waals surface area contributed by atoms with Gasteiger partial charge in [-0.25, -0.2) is 0 Å². The molecule has 2 saturated heterocycles. The van der Waals surface area contributed by atoms with E-state index in [1.165, 1.54) is 51.6 Å². The molecule has 0 amide bonds. The molecule has 22 heavy (non-hydrogen) atoms. The van der Waals surface area contributed by atoms with Gasteiger partial charge in [0.25, 0.3) is 0 Å². The number of ether oxygens (including phenoxy) is 1. The van der Waals surface area contributed by atoms with Gasteiger partial charge in [0.05, 0.1) is 7.11 Å². The number of methoxy groups -OCH3 is 1. The Bertz CT molecular complexity index is 389. The molecule has 2 rings (SSSR count). The number of rotatable bonds is 6. The highest BCUT2D eigenvalue weighted by Gasteiger charge is 2.34. The van der Waals surface area contributed by atoms with Crippen molar-refractivity contribution in [2.24, 2.45) is 5.92 Å². The third-order valence-electron chi connectivity index (χ3n) is 5.30. The lowest BCUT2D eigenvalue weighted by molar-refractivity contribution is -0.141. The van der Waals surface area contributed by atoms with Gasteiger partial charge in [-0.2, -0.15) is 0 Å². The van der Waals surface area contributed by atoms with E-state index in [4.69, 9.17) is 4.74 Å². The van der Waals surface area contributed by atoms with Gasteiger partial charge in [0.15, 0.2) is 0 Å². The number of esters is 1. The molecule has 0 radical (unpaired) electrons. The van der Waals surface area contributed by atoms with Crippen molar-refractivity contribution in [2.45, 2.75) is 52.0 Å². The van der Waals surface area contributed by atoms with Crippen LogP contribution in [0.15, 0.2) is 11.6 Å². The lowest BCUT2D eigenvalue weighted by atomic mass is 9.87. The van der Waals surface area contributed by atoms with Crippen LogP contribution in [0.4, 0.5) is 0 Å². The Hall–Kier alpha value is -0.870. The fraction of sp³-hybridized carbons (Fsp3) is 0.833. The molecule has 4 nitrogen and oxygen atoms in total. The first-order chi connectivity index (χ1) is 10.6. The number of likely N-dealkylation sites (tertiary alicyclic amines) is 2. The molecule has 0 aromatic heterocycles. The molecule has 2 aliphatic heterocycles. The summed E-state index contributed by atoms with van der Waals surface area (Å²) in [5.74, 6) is 0.525. The average molecular weight is 308 g/mol. The minimum Gasteiger partial charge on any atom is -0.469 e. The van der Waals surface area contributed by atoms with Crippen LogP contribution in [0, 0.1) is 5.92 Å². The smallest absolute Gasteiger partial charge is 0.305 e. The fourth-order valence-corrected chi connectivity index (χ4v) is 3.93. The second-order valence-electron chi connectivity index (χ2n) is 6.84. The highest BCUT2D eigenvalue weighted by Crippen LogP contribution is 2.29. The summed E-state index contributed by atoms with van der Waals surface area (Å²) in [7, 11) is 1.49. The summed E-state index contributed by atoms with van der Waals surface area (Å²) in [6.07, 6.45) is 7.63. The second-order valence-corrected chi connectivity index (χ2v) is 6.84. The lowest BCUT2D eigenvalue weighted by Crippen LogP contribution is -2.50. The molecule has 0 aliphatic carbocycles. The average Bonchev–Trinajstić information content (AvgIpc) is 3.06. The van der Waals surface area contributed by atoms with Gasteiger partial charge in [0, 0.05) is 25.6 Å². The molecule has 2 heterocycles. The summed E-state index contributed by atoms with van der Waals surface area (Å²) in [6, 6.07) is 0.661. The normalized spacial score (nSPS) is 28.0. The standard InChI is InChI=1S/C18H32N2O2/c1-4-15(2)13-19-12-9-17(20-10-5-6-11-20)16(14-19)7-8-18(21)22-3/h4,16-17H,5-14H2,1-3H3/b15-4+/t16-,17+/m0/s1. The van der Waals surface area contributed by atoms with Crippen molar-refractivity contribution in [3.63, 3.8) is 0 Å². The quantitative estimate of drug-likeness (QED) is 0.558. The van der Waals surface area contributed by atoms with Gasteiger partial charge in [0.1, 0.15) is 0 Å². The first kappa shape index (κ1) is 17.5. The largest absolute Gasteiger partial charge is 0.469 e. The molecule has 2 atom stereocenters. The van der Waals surface area contributed by atoms with E-state index in [1.807, 2.05) is 0 Å². The van der Waals surface area contributed by atoms with Gasteiger partial charge in [-0.3, -0.25) is 9.69 Å². The number of carbonyl (C=O) groups is 1. The van der Waals surface area contributed by atoms with Gasteiger partial charge in [-0.15, -0.1) is 0 Å². The molecular formula is C18H32N2O2. The molecule has 2 aliphatic rings. The first-order valence-electron chi connectivity index (χ1n) is 8.79. The minimum atomic E-state index is -0.0677. The van der Waals surface area contributed by atoms with Crippen LogP contribution in [-0.2, 0) is 9.53 Å². The van der Waals surface area contributed by atoms with E-state index in [0.717, 1.165) is 19.5 Å². The zero-order valence-electron chi connectivity index (χ0n) is 14.5. The number of hydrogen-bond donors (Lipinski definition) is 0. The number of piperidine rings is 1. The predicted molar refractivity (Wildman–Crippen MR) is 89.8 cm³/mol. The number of nitrogens with zero attached hydrogens (tertiary/aromatic N) is 2. The Morgan fingerprint density at radius 3 is 2.64 bits per heavy atom. The summed E-state index contributed by atoms with van der Waals surface area (Å²) >= 11 is 0. The molecular weight excluding hydrogens is 276 g/mol. The topological polar surface area (TPSA) is 32.8 Å². The lowest BCUT2D eigenvalue weighted by Gasteiger charge is -2.43. The van der Waals surface area contributed by atoms with Crippen molar-refractivity contribution in [2.75, 3.05) is 39.8 Å². The number of hydrogen-bond acceptors (Lipinski definition) is 4. The molecule has 0 unspecified atom stereocenters. The maximum absolute atomic E-state index is 11.5. The zero-order valence-corrected chi connectivity index (χ0v) is 14.5. The summed E-state index contributed by atoms with van der Waals surface area (Å²) in [5.41, 5.74) is 1.44. The third-order valence-corrected chi connectivity index (χ3v) is 5.30. The number of carbonyl (C=O) groups excluding carboxylic acids is 1. The van der Waals surface area contributed by atoms with Crippen molar-refractivity contribution in [1.29, 1.82) is 0 Å². The molecule has 4 heteroatoms. The highest BCUT2D eigenvalue weighted by molar-refractivity contribution is 5.69. The molecule has 0 aromatic carbocycles. The number of allylic oxidation sites excluding steroid dienone is 1. The van der Waals surface area contributed by atoms with Crippen LogP contribution in [0.3, 0.4) is 0 Å². The van der Waals surface area contributed by atoms with E-state index in [2.05, 4.69) is 29.7 Å². The van der Waals surface area contributed by atoms with E-state index in [-0.39, 0.29) is 5.97 Å². The highest BCUT2D eigenvalue weighted by atomic mass is 16.5. The fourth-order valence-electron chi connectivity index (χ4n) is 3.93. The van der Waals surface area contributed by atoms with Gasteiger partial charge in [-0.1, -0.05) is 11.6 Å². The van der Waals surface area contributed by atoms with Crippen LogP contribution in [0.25, 0.3) is 0 Å². The monoisotopic (exact) mass is 308 g/mol. The van der Waals surface area contributed by atoms with Gasteiger partial charge in [-0.05, 0) is 65.1 Å². The Morgan fingerprint density at radius 1 is 1.27 bits per heavy atom. The van der Waals surface area contributed by atoms with E-state index in [9.17, 15) is 4.79 Å².